The van der Waals surface area contributed by atoms with Crippen LogP contribution in [0.25, 0.3) is 0 Å². The summed E-state index contributed by atoms with van der Waals surface area (Å²) in [6, 6.07) is 2.46. The molecule has 0 atom stereocenters. The third-order valence-corrected chi connectivity index (χ3v) is 3.39. The van der Waals surface area contributed by atoms with E-state index in [1.807, 2.05) is 6.26 Å². The summed E-state index contributed by atoms with van der Waals surface area (Å²) in [7, 11) is 0. The van der Waals surface area contributed by atoms with Crippen LogP contribution in [0.4, 0.5) is 11.4 Å². The summed E-state index contributed by atoms with van der Waals surface area (Å²) in [6.07, 6.45) is 2.81. The van der Waals surface area contributed by atoms with Gasteiger partial charge in [-0.25, -0.2) is 0 Å². The number of nitro groups is 1. The molecule has 0 aromatic heterocycles. The third-order valence-electron chi connectivity index (χ3n) is 2.38. The molecular weight excluding hydrogens is 290 g/mol. The molecule has 19 heavy (non-hydrogen) atoms. The predicted octanol–water partition coefficient (Wildman–Crippen LogP) is 2.31. The number of nitrogens with zero attached hydrogens (tertiary/aromatic N) is 1. The zero-order chi connectivity index (χ0) is 14.4. The number of hydrogen-bond acceptors (Lipinski definition) is 5. The van der Waals surface area contributed by atoms with Gasteiger partial charge in [-0.15, -0.1) is 0 Å². The second-order valence-electron chi connectivity index (χ2n) is 3.75. The van der Waals surface area contributed by atoms with Gasteiger partial charge >= 0.3 is 0 Å². The van der Waals surface area contributed by atoms with Gasteiger partial charge in [-0.3, -0.25) is 14.9 Å². The fourth-order valence-corrected chi connectivity index (χ4v) is 2.05. The summed E-state index contributed by atoms with van der Waals surface area (Å²) in [6.45, 7) is 0.509. The molecule has 1 amide bonds. The number of halogens is 1. The van der Waals surface area contributed by atoms with Crippen molar-refractivity contribution in [1.82, 2.24) is 5.32 Å². The van der Waals surface area contributed by atoms with Crippen LogP contribution in [-0.2, 0) is 0 Å². The number of nitrogens with one attached hydrogen (secondary N) is 1. The van der Waals surface area contributed by atoms with Crippen molar-refractivity contribution in [2.45, 2.75) is 6.42 Å². The summed E-state index contributed by atoms with van der Waals surface area (Å²) in [5, 5.41) is 13.5. The maximum atomic E-state index is 11.8. The molecule has 8 heteroatoms. The van der Waals surface area contributed by atoms with E-state index in [9.17, 15) is 14.9 Å². The topological polar surface area (TPSA) is 98.3 Å². The van der Waals surface area contributed by atoms with Crippen LogP contribution < -0.4 is 11.1 Å². The lowest BCUT2D eigenvalue weighted by Gasteiger charge is -2.06. The number of nitro benzene ring substituents is 1. The first-order valence-corrected chi connectivity index (χ1v) is 7.25. The first-order valence-electron chi connectivity index (χ1n) is 5.48. The Morgan fingerprint density at radius 2 is 2.26 bits per heavy atom. The molecule has 1 aromatic carbocycles. The highest BCUT2D eigenvalue weighted by atomic mass is 35.5. The number of amides is 1. The summed E-state index contributed by atoms with van der Waals surface area (Å²) in [4.78, 5) is 21.9. The Bertz CT molecular complexity index is 496. The molecular formula is C11H14ClN3O3S. The van der Waals surface area contributed by atoms with Gasteiger partial charge < -0.3 is 11.1 Å². The number of carbonyl (C=O) groups is 1. The highest BCUT2D eigenvalue weighted by molar-refractivity contribution is 7.98. The highest BCUT2D eigenvalue weighted by Gasteiger charge is 2.19. The Kier molecular flexibility index (Phi) is 5.91. The smallest absolute Gasteiger partial charge is 0.294 e. The van der Waals surface area contributed by atoms with Gasteiger partial charge in [0.1, 0.15) is 5.69 Å². The van der Waals surface area contributed by atoms with Crippen molar-refractivity contribution < 1.29 is 9.72 Å². The fraction of sp³-hybridized carbons (Fsp3) is 0.364. The summed E-state index contributed by atoms with van der Waals surface area (Å²) in [5.74, 6) is 0.536. The zero-order valence-corrected chi connectivity index (χ0v) is 11.9. The van der Waals surface area contributed by atoms with Crippen LogP contribution in [0.15, 0.2) is 12.1 Å². The standard InChI is InChI=1S/C11H14ClN3O3S/c1-19-4-2-3-14-11(16)7-5-8(12)10(13)9(6-7)15(17)18/h5-6H,2-4,13H2,1H3,(H,14,16). The van der Waals surface area contributed by atoms with Crippen LogP contribution in [0.2, 0.25) is 5.02 Å². The first-order chi connectivity index (χ1) is 8.97. The van der Waals surface area contributed by atoms with Gasteiger partial charge in [0.15, 0.2) is 0 Å². The number of carbonyl (C=O) groups excluding carboxylic acids is 1. The number of nitrogen functional groups attached to an aromatic ring is 1. The van der Waals surface area contributed by atoms with E-state index in [4.69, 9.17) is 17.3 Å². The molecule has 104 valence electrons. The molecule has 3 N–H and O–H groups in total. The van der Waals surface area contributed by atoms with Crippen LogP contribution >= 0.6 is 23.4 Å². The van der Waals surface area contributed by atoms with E-state index in [2.05, 4.69) is 5.32 Å². The number of benzene rings is 1. The number of nitrogens with two attached hydrogens (primary N) is 1. The maximum Gasteiger partial charge on any atom is 0.294 e. The van der Waals surface area contributed by atoms with Gasteiger partial charge in [-0.2, -0.15) is 11.8 Å². The van der Waals surface area contributed by atoms with Gasteiger partial charge in [0.2, 0.25) is 0 Å². The van der Waals surface area contributed by atoms with E-state index in [0.29, 0.717) is 6.54 Å². The molecule has 0 fully saturated rings. The molecule has 0 unspecified atom stereocenters. The van der Waals surface area contributed by atoms with Gasteiger partial charge in [0.25, 0.3) is 11.6 Å². The Hall–Kier alpha value is -1.47. The van der Waals surface area contributed by atoms with Crippen molar-refractivity contribution in [3.05, 3.63) is 32.8 Å². The normalized spacial score (nSPS) is 10.2. The number of rotatable bonds is 6. The van der Waals surface area contributed by atoms with Crippen molar-refractivity contribution in [2.75, 3.05) is 24.3 Å². The van der Waals surface area contributed by atoms with Crippen LogP contribution in [0.1, 0.15) is 16.8 Å². The van der Waals surface area contributed by atoms with E-state index in [1.54, 1.807) is 11.8 Å². The number of thioether (sulfide) groups is 1. The molecule has 1 aromatic rings. The van der Waals surface area contributed by atoms with Gasteiger partial charge in [0.05, 0.1) is 9.95 Å². The highest BCUT2D eigenvalue weighted by Crippen LogP contribution is 2.30. The predicted molar refractivity (Wildman–Crippen MR) is 77.9 cm³/mol. The maximum absolute atomic E-state index is 11.8. The summed E-state index contributed by atoms with van der Waals surface area (Å²) < 4.78 is 0. The molecule has 0 heterocycles. The Labute approximate surface area is 119 Å². The largest absolute Gasteiger partial charge is 0.392 e. The Balaban J connectivity index is 2.83. The summed E-state index contributed by atoms with van der Waals surface area (Å²) >= 11 is 7.46. The van der Waals surface area contributed by atoms with Crippen molar-refractivity contribution >= 4 is 40.6 Å². The van der Waals surface area contributed by atoms with E-state index >= 15 is 0 Å². The lowest BCUT2D eigenvalue weighted by Crippen LogP contribution is -2.25. The molecule has 0 spiro atoms. The lowest BCUT2D eigenvalue weighted by atomic mass is 10.1. The molecule has 0 saturated heterocycles. The Morgan fingerprint density at radius 3 is 2.84 bits per heavy atom. The van der Waals surface area contributed by atoms with Crippen LogP contribution in [0.3, 0.4) is 0 Å². The fourth-order valence-electron chi connectivity index (χ4n) is 1.41. The minimum absolute atomic E-state index is 0.00321. The van der Waals surface area contributed by atoms with Crippen LogP contribution in [0.5, 0.6) is 0 Å². The van der Waals surface area contributed by atoms with Crippen molar-refractivity contribution in [1.29, 1.82) is 0 Å². The number of hydrogen-bond donors (Lipinski definition) is 2. The van der Waals surface area contributed by atoms with Gasteiger partial charge in [0, 0.05) is 18.2 Å². The monoisotopic (exact) mass is 303 g/mol. The first kappa shape index (κ1) is 15.6. The van der Waals surface area contributed by atoms with Crippen molar-refractivity contribution in [3.63, 3.8) is 0 Å². The molecule has 0 aliphatic carbocycles. The molecule has 0 radical (unpaired) electrons. The molecule has 1 rings (SSSR count). The molecule has 0 aliphatic heterocycles. The van der Waals surface area contributed by atoms with Gasteiger partial charge in [-0.1, -0.05) is 11.6 Å². The number of anilines is 1. The van der Waals surface area contributed by atoms with Crippen LogP contribution in [0, 0.1) is 10.1 Å². The zero-order valence-electron chi connectivity index (χ0n) is 10.3. The van der Waals surface area contributed by atoms with E-state index in [-0.39, 0.29) is 22.0 Å². The van der Waals surface area contributed by atoms with Crippen molar-refractivity contribution in [2.24, 2.45) is 0 Å². The van der Waals surface area contributed by atoms with E-state index in [1.165, 1.54) is 6.07 Å². The Morgan fingerprint density at radius 1 is 1.58 bits per heavy atom. The van der Waals surface area contributed by atoms with Crippen molar-refractivity contribution in [3.8, 4) is 0 Å². The SMILES string of the molecule is CSCCCNC(=O)c1cc(Cl)c(N)c([N+](=O)[O-])c1. The lowest BCUT2D eigenvalue weighted by molar-refractivity contribution is -0.383. The molecule has 0 aliphatic rings. The van der Waals surface area contributed by atoms with E-state index in [0.717, 1.165) is 18.2 Å². The minimum atomic E-state index is -0.661. The third kappa shape index (κ3) is 4.29. The molecule has 6 nitrogen and oxygen atoms in total. The molecule has 0 saturated carbocycles. The van der Waals surface area contributed by atoms with Crippen LogP contribution in [-0.4, -0.2) is 29.4 Å². The minimum Gasteiger partial charge on any atom is -0.392 e. The second-order valence-corrected chi connectivity index (χ2v) is 5.14. The quantitative estimate of drug-likeness (QED) is 0.364. The summed E-state index contributed by atoms with van der Waals surface area (Å²) in [5.41, 5.74) is 5.13. The van der Waals surface area contributed by atoms with Gasteiger partial charge in [-0.05, 0) is 24.5 Å². The average Bonchev–Trinajstić information content (AvgIpc) is 2.37. The average molecular weight is 304 g/mol. The van der Waals surface area contributed by atoms with E-state index < -0.39 is 10.8 Å². The molecule has 0 bridgehead atoms. The second kappa shape index (κ2) is 7.20.